The van der Waals surface area contributed by atoms with Gasteiger partial charge in [-0.15, -0.1) is 0 Å². The molecule has 0 fully saturated rings. The molecule has 0 aliphatic heterocycles. The molecule has 4 amide bonds. The van der Waals surface area contributed by atoms with Crippen LogP contribution in [0.15, 0.2) is 0 Å². The number of amides is 4. The van der Waals surface area contributed by atoms with E-state index in [1.807, 2.05) is 0 Å². The van der Waals surface area contributed by atoms with E-state index in [4.69, 9.17) is 42.1 Å². The van der Waals surface area contributed by atoms with Gasteiger partial charge in [0.15, 0.2) is 0 Å². The van der Waals surface area contributed by atoms with Crippen LogP contribution in [-0.2, 0) is 70.9 Å². The van der Waals surface area contributed by atoms with Crippen molar-refractivity contribution in [2.24, 2.45) is 0 Å². The average molecular weight is 660 g/mol. The summed E-state index contributed by atoms with van der Waals surface area (Å²) in [6, 6.07) is 0. The maximum Gasteiger partial charge on any atom is 0.0456 e. The Morgan fingerprint density at radius 1 is 0.500 bits per heavy atom. The molecular formula is C8H16Cl2Hf2N4O4-6. The van der Waals surface area contributed by atoms with Gasteiger partial charge in [0.2, 0.25) is 0 Å². The zero-order valence-electron chi connectivity index (χ0n) is 11.4. The van der Waals surface area contributed by atoms with Gasteiger partial charge < -0.3 is 66.9 Å². The van der Waals surface area contributed by atoms with E-state index in [2.05, 4.69) is 0 Å². The first-order valence-corrected chi connectivity index (χ1v) is 3.82. The second-order valence-corrected chi connectivity index (χ2v) is 2.22. The Morgan fingerprint density at radius 3 is 0.500 bits per heavy atom. The molecule has 4 N–H and O–H groups in total. The quantitative estimate of drug-likeness (QED) is 0.245. The Bertz CT molecular complexity index is 183. The second-order valence-electron chi connectivity index (χ2n) is 2.22. The molecule has 0 radical (unpaired) electrons. The molecule has 120 valence electrons. The van der Waals surface area contributed by atoms with Crippen molar-refractivity contribution in [1.82, 2.24) is 0 Å². The maximum atomic E-state index is 9.11. The van der Waals surface area contributed by atoms with Gasteiger partial charge in [-0.25, -0.2) is 0 Å². The van der Waals surface area contributed by atoms with Gasteiger partial charge in [-0.2, -0.15) is 0 Å². The first-order chi connectivity index (χ1) is 6.93. The third kappa shape index (κ3) is 134000. The predicted octanol–water partition coefficient (Wildman–Crippen LogP) is -3.66. The summed E-state index contributed by atoms with van der Waals surface area (Å²) in [5.74, 6) is -2.33. The van der Waals surface area contributed by atoms with Crippen LogP contribution in [0.2, 0.25) is 0 Å². The molecule has 20 heavy (non-hydrogen) atoms. The summed E-state index contributed by atoms with van der Waals surface area (Å²) in [4.78, 5) is 36.4. The molecule has 8 nitrogen and oxygen atoms in total. The van der Waals surface area contributed by atoms with Gasteiger partial charge in [-0.3, -0.25) is 0 Å². The minimum Gasteiger partial charge on any atom is -1.00 e. The molecule has 0 heterocycles. The van der Waals surface area contributed by atoms with Crippen LogP contribution in [0.1, 0.15) is 27.7 Å². The molecule has 0 bridgehead atoms. The van der Waals surface area contributed by atoms with Crippen molar-refractivity contribution in [3.05, 3.63) is 22.9 Å². The minimum absolute atomic E-state index is 0. The van der Waals surface area contributed by atoms with Crippen LogP contribution >= 0.6 is 0 Å². The van der Waals surface area contributed by atoms with Gasteiger partial charge >= 0.3 is 0 Å². The van der Waals surface area contributed by atoms with Crippen LogP contribution in [-0.4, -0.2) is 23.6 Å². The minimum atomic E-state index is -0.583. The largest absolute Gasteiger partial charge is 1.00 e. The van der Waals surface area contributed by atoms with Crippen molar-refractivity contribution in [2.45, 2.75) is 27.7 Å². The van der Waals surface area contributed by atoms with Crippen molar-refractivity contribution in [2.75, 3.05) is 0 Å². The number of hydrogen-bond acceptors (Lipinski definition) is 4. The van der Waals surface area contributed by atoms with Crippen LogP contribution in [0.5, 0.6) is 0 Å². The van der Waals surface area contributed by atoms with Gasteiger partial charge in [-0.1, -0.05) is 0 Å². The molecular weight excluding hydrogens is 644 g/mol. The fourth-order valence-electron chi connectivity index (χ4n) is 0. The molecule has 12 heteroatoms. The van der Waals surface area contributed by atoms with Crippen molar-refractivity contribution >= 4 is 23.6 Å². The molecule has 0 aromatic rings. The Hall–Kier alpha value is 0.200. The summed E-state index contributed by atoms with van der Waals surface area (Å²) in [6.45, 7) is 4.78. The Labute approximate surface area is 168 Å². The van der Waals surface area contributed by atoms with Gasteiger partial charge in [0.1, 0.15) is 0 Å². The normalized spacial score (nSPS) is 5.00. The molecule has 0 spiro atoms. The van der Waals surface area contributed by atoms with Crippen LogP contribution < -0.4 is 24.8 Å². The summed E-state index contributed by atoms with van der Waals surface area (Å²) < 4.78 is 0. The molecule has 0 rings (SSSR count). The van der Waals surface area contributed by atoms with Crippen molar-refractivity contribution < 1.29 is 95.7 Å². The molecule has 0 aromatic carbocycles. The molecule has 0 aromatic heterocycles. The predicted molar refractivity (Wildman–Crippen MR) is 60.0 cm³/mol. The number of rotatable bonds is 0. The zero-order valence-corrected chi connectivity index (χ0v) is 20.1. The van der Waals surface area contributed by atoms with Gasteiger partial charge in [0.05, 0.1) is 0 Å². The monoisotopic (exact) mass is 662 g/mol. The summed E-state index contributed by atoms with van der Waals surface area (Å²) in [5.41, 5.74) is 23.8. The van der Waals surface area contributed by atoms with Crippen LogP contribution in [0.4, 0.5) is 0 Å². The standard InChI is InChI=1S/4C2H5NO.2ClH.2Hf/c4*1-2(3)4;;;;/h4*1H3,(H2,3,4);2*1H;;/p-6. The summed E-state index contributed by atoms with van der Waals surface area (Å²) in [6.07, 6.45) is 0. The number of hydrogen-bond donors (Lipinski definition) is 0. The number of carbonyl (C=O) groups excluding carboxylic acids is 4. The van der Waals surface area contributed by atoms with Crippen LogP contribution in [0.25, 0.3) is 22.9 Å². The second kappa shape index (κ2) is 42.7. The Morgan fingerprint density at radius 2 is 0.500 bits per heavy atom. The SMILES string of the molecule is CC([NH-])=O.CC([NH-])=O.CC([NH-])=O.CC([NH-])=O.[Cl-].[Cl-].[Hf].[Hf]. The van der Waals surface area contributed by atoms with E-state index in [1.54, 1.807) is 0 Å². The third-order valence-corrected chi connectivity index (χ3v) is 0. The molecule has 0 aliphatic rings. The third-order valence-electron chi connectivity index (χ3n) is 0. The van der Waals surface area contributed by atoms with E-state index in [0.717, 1.165) is 0 Å². The summed E-state index contributed by atoms with van der Waals surface area (Å²) >= 11 is 0. The summed E-state index contributed by atoms with van der Waals surface area (Å²) in [7, 11) is 0. The van der Waals surface area contributed by atoms with Crippen molar-refractivity contribution in [3.63, 3.8) is 0 Å². The number of halogens is 2. The smallest absolute Gasteiger partial charge is 0.0456 e. The van der Waals surface area contributed by atoms with E-state index < -0.39 is 23.6 Å². The molecule has 0 atom stereocenters. The fraction of sp³-hybridized carbons (Fsp3) is 0.500. The first kappa shape index (κ1) is 50.0. The number of nitrogens with one attached hydrogen (secondary N) is 4. The average Bonchev–Trinajstić information content (AvgIpc) is 1.76. The van der Waals surface area contributed by atoms with Gasteiger partial charge in [0, 0.05) is 75.3 Å². The molecule has 0 saturated heterocycles. The Balaban J connectivity index is -0.0000000150. The van der Waals surface area contributed by atoms with E-state index in [1.165, 1.54) is 27.7 Å². The van der Waals surface area contributed by atoms with Crippen molar-refractivity contribution in [1.29, 1.82) is 0 Å². The van der Waals surface area contributed by atoms with Gasteiger partial charge in [-0.05, 0) is 27.7 Å². The Kier molecular flexibility index (Phi) is 107. The van der Waals surface area contributed by atoms with Crippen molar-refractivity contribution in [3.8, 4) is 0 Å². The maximum absolute atomic E-state index is 9.11. The van der Waals surface area contributed by atoms with Crippen LogP contribution in [0.3, 0.4) is 0 Å². The van der Waals surface area contributed by atoms with E-state index in [-0.39, 0.29) is 76.5 Å². The fourth-order valence-corrected chi connectivity index (χ4v) is 0. The zero-order chi connectivity index (χ0) is 14.3. The molecule has 0 saturated carbocycles. The van der Waals surface area contributed by atoms with E-state index in [9.17, 15) is 0 Å². The summed E-state index contributed by atoms with van der Waals surface area (Å²) in [5, 5.41) is 0. The van der Waals surface area contributed by atoms with Crippen LogP contribution in [0, 0.1) is 0 Å². The molecule has 0 unspecified atom stereocenters. The topological polar surface area (TPSA) is 163 Å². The van der Waals surface area contributed by atoms with E-state index in [0.29, 0.717) is 0 Å². The molecule has 0 aliphatic carbocycles. The first-order valence-electron chi connectivity index (χ1n) is 3.82. The van der Waals surface area contributed by atoms with E-state index >= 15 is 0 Å². The van der Waals surface area contributed by atoms with Gasteiger partial charge in [0.25, 0.3) is 0 Å². The number of carbonyl (C=O) groups is 4.